The van der Waals surface area contributed by atoms with Gasteiger partial charge < -0.3 is 10.1 Å². The van der Waals surface area contributed by atoms with Crippen molar-refractivity contribution in [1.82, 2.24) is 10.2 Å². The Hall–Kier alpha value is -1.20. The van der Waals surface area contributed by atoms with Crippen LogP contribution in [-0.2, 0) is 6.54 Å². The summed E-state index contributed by atoms with van der Waals surface area (Å²) in [6, 6.07) is 7.66. The minimum Gasteiger partial charge on any atom is -0.434 e. The zero-order chi connectivity index (χ0) is 14.8. The Morgan fingerprint density at radius 1 is 1.33 bits per heavy atom. The third-order valence-corrected chi connectivity index (χ3v) is 4.80. The first-order valence-electron chi connectivity index (χ1n) is 7.66. The molecule has 3 unspecified atom stereocenters. The number of nitrogens with zero attached hydrogens (tertiary/aromatic N) is 1. The molecule has 3 nitrogen and oxygen atoms in total. The largest absolute Gasteiger partial charge is 0.434 e. The Morgan fingerprint density at radius 3 is 2.90 bits per heavy atom. The molecule has 1 aromatic carbocycles. The van der Waals surface area contributed by atoms with Crippen molar-refractivity contribution in [2.75, 3.05) is 19.6 Å². The number of benzene rings is 1. The minimum atomic E-state index is -2.77. The summed E-state index contributed by atoms with van der Waals surface area (Å²) < 4.78 is 29.6. The molecule has 0 aromatic heterocycles. The molecule has 0 amide bonds. The zero-order valence-electron chi connectivity index (χ0n) is 12.3. The van der Waals surface area contributed by atoms with Gasteiger partial charge in [0.2, 0.25) is 0 Å². The fourth-order valence-electron chi connectivity index (χ4n) is 3.92. The molecule has 0 saturated carbocycles. The molecule has 1 aromatic rings. The van der Waals surface area contributed by atoms with Crippen molar-refractivity contribution in [3.05, 3.63) is 29.8 Å². The van der Waals surface area contributed by atoms with Gasteiger partial charge >= 0.3 is 6.61 Å². The lowest BCUT2D eigenvalue weighted by molar-refractivity contribution is -0.0508. The van der Waals surface area contributed by atoms with Gasteiger partial charge in [0.15, 0.2) is 0 Å². The maximum absolute atomic E-state index is 12.5. The second-order valence-corrected chi connectivity index (χ2v) is 5.97. The van der Waals surface area contributed by atoms with Crippen LogP contribution in [0.5, 0.6) is 5.75 Å². The van der Waals surface area contributed by atoms with E-state index in [9.17, 15) is 8.78 Å². The number of rotatable bonds is 5. The lowest BCUT2D eigenvalue weighted by Crippen LogP contribution is -2.34. The average molecular weight is 296 g/mol. The number of hydrogen-bond acceptors (Lipinski definition) is 3. The van der Waals surface area contributed by atoms with E-state index in [-0.39, 0.29) is 0 Å². The minimum absolute atomic E-state index is 0.303. The van der Waals surface area contributed by atoms with Crippen LogP contribution >= 0.6 is 0 Å². The molecule has 2 heterocycles. The van der Waals surface area contributed by atoms with Gasteiger partial charge in [-0.05, 0) is 37.4 Å². The van der Waals surface area contributed by atoms with Gasteiger partial charge in [-0.25, -0.2) is 0 Å². The second-order valence-electron chi connectivity index (χ2n) is 5.97. The van der Waals surface area contributed by atoms with Gasteiger partial charge in [0, 0.05) is 24.7 Å². The van der Waals surface area contributed by atoms with Gasteiger partial charge in [-0.2, -0.15) is 8.78 Å². The van der Waals surface area contributed by atoms with Crippen LogP contribution in [-0.4, -0.2) is 37.2 Å². The molecule has 1 N–H and O–H groups in total. The third-order valence-electron chi connectivity index (χ3n) is 4.80. The fraction of sp³-hybridized carbons (Fsp3) is 0.625. The van der Waals surface area contributed by atoms with E-state index >= 15 is 0 Å². The quantitative estimate of drug-likeness (QED) is 0.904. The molecule has 2 fully saturated rings. The molecular formula is C16H22F2N2O. The molecule has 3 rings (SSSR count). The topological polar surface area (TPSA) is 24.5 Å². The second kappa shape index (κ2) is 6.28. The molecule has 3 atom stereocenters. The van der Waals surface area contributed by atoms with Crippen LogP contribution in [0.1, 0.15) is 18.9 Å². The highest BCUT2D eigenvalue weighted by atomic mass is 19.3. The molecule has 0 spiro atoms. The van der Waals surface area contributed by atoms with Crippen molar-refractivity contribution in [3.8, 4) is 5.75 Å². The van der Waals surface area contributed by atoms with E-state index in [1.807, 2.05) is 12.1 Å². The fourth-order valence-corrected chi connectivity index (χ4v) is 3.92. The van der Waals surface area contributed by atoms with Crippen LogP contribution in [0.15, 0.2) is 24.3 Å². The third kappa shape index (κ3) is 3.04. The van der Waals surface area contributed by atoms with Crippen LogP contribution in [0.2, 0.25) is 0 Å². The van der Waals surface area contributed by atoms with Crippen LogP contribution in [0.3, 0.4) is 0 Å². The highest BCUT2D eigenvalue weighted by Crippen LogP contribution is 2.36. The van der Waals surface area contributed by atoms with Crippen molar-refractivity contribution < 1.29 is 13.5 Å². The monoisotopic (exact) mass is 296 g/mol. The summed E-state index contributed by atoms with van der Waals surface area (Å²) in [6.45, 7) is 3.32. The van der Waals surface area contributed by atoms with Gasteiger partial charge in [0.05, 0.1) is 0 Å². The molecule has 2 aliphatic heterocycles. The first kappa shape index (κ1) is 14.7. The lowest BCUT2D eigenvalue weighted by Gasteiger charge is -2.27. The maximum Gasteiger partial charge on any atom is 0.387 e. The number of alkyl halides is 2. The normalized spacial score (nSPS) is 29.0. The first-order valence-corrected chi connectivity index (χ1v) is 7.66. The molecule has 2 aliphatic rings. The summed E-state index contributed by atoms with van der Waals surface area (Å²) in [5.74, 6) is 1.69. The predicted molar refractivity (Wildman–Crippen MR) is 77.4 cm³/mol. The van der Waals surface area contributed by atoms with Crippen molar-refractivity contribution in [3.63, 3.8) is 0 Å². The Balaban J connectivity index is 1.74. The van der Waals surface area contributed by atoms with E-state index < -0.39 is 6.61 Å². The van der Waals surface area contributed by atoms with Gasteiger partial charge in [0.25, 0.3) is 0 Å². The van der Waals surface area contributed by atoms with Crippen molar-refractivity contribution in [2.24, 2.45) is 11.8 Å². The van der Waals surface area contributed by atoms with E-state index in [0.717, 1.165) is 31.6 Å². The predicted octanol–water partition coefficient (Wildman–Crippen LogP) is 2.72. The molecule has 116 valence electrons. The highest BCUT2D eigenvalue weighted by molar-refractivity contribution is 5.33. The van der Waals surface area contributed by atoms with Crippen LogP contribution in [0.25, 0.3) is 0 Å². The van der Waals surface area contributed by atoms with Crippen molar-refractivity contribution in [2.45, 2.75) is 32.5 Å². The summed E-state index contributed by atoms with van der Waals surface area (Å²) >= 11 is 0. The highest BCUT2D eigenvalue weighted by Gasteiger charge is 2.43. The van der Waals surface area contributed by atoms with E-state index in [0.29, 0.717) is 30.2 Å². The van der Waals surface area contributed by atoms with Gasteiger partial charge in [-0.3, -0.25) is 4.90 Å². The molecular weight excluding hydrogens is 274 g/mol. The average Bonchev–Trinajstić information content (AvgIpc) is 3.00. The molecule has 2 saturated heterocycles. The molecule has 21 heavy (non-hydrogen) atoms. The number of halogens is 2. The standard InChI is InChI=1S/C16H22F2N2O/c1-2-14-13-8-19-7-12(13)10-20(14)9-11-5-3-4-6-15(11)21-16(17)18/h3-6,12-14,16,19H,2,7-10H2,1H3. The Bertz CT molecular complexity index is 483. The van der Waals surface area contributed by atoms with E-state index in [1.165, 1.54) is 0 Å². The number of ether oxygens (including phenoxy) is 1. The van der Waals surface area contributed by atoms with Crippen LogP contribution in [0, 0.1) is 11.8 Å². The number of para-hydroxylation sites is 1. The van der Waals surface area contributed by atoms with E-state index in [2.05, 4.69) is 21.9 Å². The number of hydrogen-bond donors (Lipinski definition) is 1. The van der Waals surface area contributed by atoms with E-state index in [4.69, 9.17) is 0 Å². The summed E-state index contributed by atoms with van der Waals surface area (Å²) in [5, 5.41) is 3.46. The Kier molecular flexibility index (Phi) is 4.40. The van der Waals surface area contributed by atoms with E-state index in [1.54, 1.807) is 12.1 Å². The molecule has 0 bridgehead atoms. The summed E-state index contributed by atoms with van der Waals surface area (Å²) in [4.78, 5) is 2.43. The molecule has 0 radical (unpaired) electrons. The zero-order valence-corrected chi connectivity index (χ0v) is 12.3. The number of fused-ring (bicyclic) bond motifs is 1. The maximum atomic E-state index is 12.5. The van der Waals surface area contributed by atoms with Crippen molar-refractivity contribution in [1.29, 1.82) is 0 Å². The van der Waals surface area contributed by atoms with Crippen molar-refractivity contribution >= 4 is 0 Å². The van der Waals surface area contributed by atoms with Gasteiger partial charge in [-0.1, -0.05) is 25.1 Å². The first-order chi connectivity index (χ1) is 10.2. The van der Waals surface area contributed by atoms with Crippen LogP contribution in [0.4, 0.5) is 8.78 Å². The van der Waals surface area contributed by atoms with Crippen LogP contribution < -0.4 is 10.1 Å². The summed E-state index contributed by atoms with van der Waals surface area (Å²) in [5.41, 5.74) is 0.851. The summed E-state index contributed by atoms with van der Waals surface area (Å²) in [7, 11) is 0. The number of nitrogens with one attached hydrogen (secondary N) is 1. The van der Waals surface area contributed by atoms with Gasteiger partial charge in [0.1, 0.15) is 5.75 Å². The molecule has 0 aliphatic carbocycles. The Labute approximate surface area is 124 Å². The SMILES string of the molecule is CCC1C2CNCC2CN1Cc1ccccc1OC(F)F. The summed E-state index contributed by atoms with van der Waals surface area (Å²) in [6.07, 6.45) is 1.10. The lowest BCUT2D eigenvalue weighted by atomic mass is 9.93. The van der Waals surface area contributed by atoms with Gasteiger partial charge in [-0.15, -0.1) is 0 Å². The smallest absolute Gasteiger partial charge is 0.387 e. The number of likely N-dealkylation sites (tertiary alicyclic amines) is 1. The molecule has 5 heteroatoms. The Morgan fingerprint density at radius 2 is 2.14 bits per heavy atom.